The van der Waals surface area contributed by atoms with Gasteiger partial charge in [-0.3, -0.25) is 5.43 Å². The highest BCUT2D eigenvalue weighted by Crippen LogP contribution is 2.22. The molecule has 0 amide bonds. The number of ether oxygens (including phenoxy) is 1. The summed E-state index contributed by atoms with van der Waals surface area (Å²) in [7, 11) is 0. The first-order valence-corrected chi connectivity index (χ1v) is 5.53. The third kappa shape index (κ3) is 2.44. The largest absolute Gasteiger partial charge is 0.491 e. The first-order chi connectivity index (χ1) is 8.60. The van der Waals surface area contributed by atoms with Gasteiger partial charge in [-0.1, -0.05) is 6.07 Å². The Labute approximate surface area is 105 Å². The van der Waals surface area contributed by atoms with E-state index in [9.17, 15) is 4.79 Å². The molecule has 0 fully saturated rings. The molecule has 1 aromatic rings. The molecule has 0 spiro atoms. The van der Waals surface area contributed by atoms with Crippen LogP contribution in [0.1, 0.15) is 13.8 Å². The molecule has 18 heavy (non-hydrogen) atoms. The maximum Gasteiger partial charge on any atom is 0.235 e. The quantitative estimate of drug-likeness (QED) is 0.771. The van der Waals surface area contributed by atoms with Crippen molar-refractivity contribution in [2.45, 2.75) is 20.0 Å². The van der Waals surface area contributed by atoms with Gasteiger partial charge in [0.2, 0.25) is 11.8 Å². The monoisotopic (exact) mass is 246 g/mol. The van der Waals surface area contributed by atoms with E-state index >= 15 is 0 Å². The number of carbonyl (C=O) groups excluding carboxylic acids is 1. The summed E-state index contributed by atoms with van der Waals surface area (Å²) in [4.78, 5) is 14.3. The van der Waals surface area contributed by atoms with Gasteiger partial charge >= 0.3 is 0 Å². The molecule has 1 aromatic carbocycles. The van der Waals surface area contributed by atoms with Gasteiger partial charge in [0.05, 0.1) is 11.8 Å². The third-order valence-electron chi connectivity index (χ3n) is 2.22. The number of nitrogens with zero attached hydrogens (tertiary/aromatic N) is 2. The summed E-state index contributed by atoms with van der Waals surface area (Å²) in [5.74, 6) is 2.63. The maximum atomic E-state index is 10.5. The zero-order chi connectivity index (χ0) is 13.1. The van der Waals surface area contributed by atoms with Gasteiger partial charge in [0.15, 0.2) is 5.94 Å². The number of rotatable bonds is 3. The highest BCUT2D eigenvalue weighted by atomic mass is 16.5. The number of nitrogens with one attached hydrogen (secondary N) is 1. The molecule has 1 aliphatic rings. The minimum absolute atomic E-state index is 0.0580. The SMILES string of the molecule is CC(C)Oc1cccc(N2NC(=C=O)N=C2N)c1. The second kappa shape index (κ2) is 4.81. The Bertz CT molecular complexity index is 533. The van der Waals surface area contributed by atoms with Crippen molar-refractivity contribution in [3.63, 3.8) is 0 Å². The van der Waals surface area contributed by atoms with Gasteiger partial charge in [0.1, 0.15) is 5.75 Å². The van der Waals surface area contributed by atoms with E-state index < -0.39 is 0 Å². The fourth-order valence-corrected chi connectivity index (χ4v) is 1.56. The third-order valence-corrected chi connectivity index (χ3v) is 2.22. The van der Waals surface area contributed by atoms with E-state index in [4.69, 9.17) is 10.5 Å². The smallest absolute Gasteiger partial charge is 0.235 e. The van der Waals surface area contributed by atoms with Crippen molar-refractivity contribution in [1.29, 1.82) is 0 Å². The summed E-state index contributed by atoms with van der Waals surface area (Å²) in [5.41, 5.74) is 9.17. The normalized spacial score (nSPS) is 14.3. The molecule has 0 atom stereocenters. The summed E-state index contributed by atoms with van der Waals surface area (Å²) in [6, 6.07) is 7.33. The second-order valence-corrected chi connectivity index (χ2v) is 4.03. The van der Waals surface area contributed by atoms with Gasteiger partial charge in [-0.05, 0) is 26.0 Å². The number of hydrogen-bond acceptors (Lipinski definition) is 6. The Balaban J connectivity index is 2.25. The van der Waals surface area contributed by atoms with E-state index in [1.165, 1.54) is 5.01 Å². The van der Waals surface area contributed by atoms with Crippen LogP contribution in [0.4, 0.5) is 5.69 Å². The first kappa shape index (κ1) is 12.0. The molecule has 0 aromatic heterocycles. The van der Waals surface area contributed by atoms with E-state index in [-0.39, 0.29) is 17.9 Å². The van der Waals surface area contributed by atoms with Gasteiger partial charge in [0, 0.05) is 6.07 Å². The van der Waals surface area contributed by atoms with E-state index in [1.807, 2.05) is 38.1 Å². The first-order valence-electron chi connectivity index (χ1n) is 5.53. The van der Waals surface area contributed by atoms with Crippen LogP contribution in [-0.2, 0) is 4.79 Å². The molecule has 0 saturated heterocycles. The summed E-state index contributed by atoms with van der Waals surface area (Å²) in [6.45, 7) is 3.90. The summed E-state index contributed by atoms with van der Waals surface area (Å²) < 4.78 is 5.58. The van der Waals surface area contributed by atoms with Crippen molar-refractivity contribution >= 4 is 17.6 Å². The van der Waals surface area contributed by atoms with Gasteiger partial charge in [0.25, 0.3) is 0 Å². The fraction of sp³-hybridized carbons (Fsp3) is 0.250. The lowest BCUT2D eigenvalue weighted by Crippen LogP contribution is -2.41. The molecule has 2 rings (SSSR count). The van der Waals surface area contributed by atoms with Crippen molar-refractivity contribution in [1.82, 2.24) is 5.43 Å². The molecule has 0 radical (unpaired) electrons. The lowest BCUT2D eigenvalue weighted by atomic mass is 10.3. The minimum atomic E-state index is 0.0580. The predicted molar refractivity (Wildman–Crippen MR) is 68.6 cm³/mol. The van der Waals surface area contributed by atoms with Crippen molar-refractivity contribution in [2.75, 3.05) is 5.01 Å². The molecule has 0 aliphatic carbocycles. The van der Waals surface area contributed by atoms with E-state index in [1.54, 1.807) is 5.94 Å². The van der Waals surface area contributed by atoms with Crippen LogP contribution in [0.25, 0.3) is 0 Å². The van der Waals surface area contributed by atoms with Crippen LogP contribution in [0, 0.1) is 0 Å². The predicted octanol–water partition coefficient (Wildman–Crippen LogP) is 0.786. The standard InChI is InChI=1S/C12H14N4O2/c1-8(2)18-10-5-3-4-9(6-10)16-12(13)14-11(7-17)15-16/h3-6,8,15H,1-2H3,(H2,13,14). The summed E-state index contributed by atoms with van der Waals surface area (Å²) in [5, 5.41) is 1.49. The van der Waals surface area contributed by atoms with Crippen LogP contribution in [-0.4, -0.2) is 18.0 Å². The van der Waals surface area contributed by atoms with Crippen LogP contribution in [0.2, 0.25) is 0 Å². The highest BCUT2D eigenvalue weighted by molar-refractivity contribution is 5.97. The Hall–Kier alpha value is -2.46. The van der Waals surface area contributed by atoms with Crippen molar-refractivity contribution in [2.24, 2.45) is 10.7 Å². The van der Waals surface area contributed by atoms with Crippen molar-refractivity contribution < 1.29 is 9.53 Å². The van der Waals surface area contributed by atoms with E-state index in [0.717, 1.165) is 11.4 Å². The Morgan fingerprint density at radius 3 is 2.89 bits per heavy atom. The van der Waals surface area contributed by atoms with Crippen molar-refractivity contribution in [3.8, 4) is 5.75 Å². The Morgan fingerprint density at radius 1 is 1.50 bits per heavy atom. The maximum absolute atomic E-state index is 10.5. The number of nitrogens with two attached hydrogens (primary N) is 1. The number of hydrogen-bond donors (Lipinski definition) is 2. The average molecular weight is 246 g/mol. The number of guanidine groups is 1. The molecule has 1 aliphatic heterocycles. The van der Waals surface area contributed by atoms with Crippen LogP contribution >= 0.6 is 0 Å². The van der Waals surface area contributed by atoms with Crippen LogP contribution in [0.3, 0.4) is 0 Å². The fourth-order valence-electron chi connectivity index (χ4n) is 1.56. The zero-order valence-corrected chi connectivity index (χ0v) is 10.2. The molecule has 0 unspecified atom stereocenters. The molecular weight excluding hydrogens is 232 g/mol. The van der Waals surface area contributed by atoms with Crippen molar-refractivity contribution in [3.05, 3.63) is 30.1 Å². The molecular formula is C12H14N4O2. The van der Waals surface area contributed by atoms with Crippen LogP contribution in [0.15, 0.2) is 35.1 Å². The number of hydrazine groups is 1. The number of anilines is 1. The average Bonchev–Trinajstić information content (AvgIpc) is 2.70. The van der Waals surface area contributed by atoms with Gasteiger partial charge < -0.3 is 10.5 Å². The van der Waals surface area contributed by atoms with Crippen LogP contribution < -0.4 is 20.9 Å². The minimum Gasteiger partial charge on any atom is -0.491 e. The van der Waals surface area contributed by atoms with E-state index in [2.05, 4.69) is 10.4 Å². The molecule has 1 heterocycles. The number of benzene rings is 1. The van der Waals surface area contributed by atoms with Gasteiger partial charge in [-0.15, -0.1) is 0 Å². The molecule has 0 saturated carbocycles. The molecule has 94 valence electrons. The Kier molecular flexibility index (Phi) is 3.21. The highest BCUT2D eigenvalue weighted by Gasteiger charge is 2.20. The number of aliphatic imine (C=N–C) groups is 1. The van der Waals surface area contributed by atoms with Gasteiger partial charge in [-0.2, -0.15) is 4.99 Å². The zero-order valence-electron chi connectivity index (χ0n) is 10.2. The summed E-state index contributed by atoms with van der Waals surface area (Å²) >= 11 is 0. The van der Waals surface area contributed by atoms with E-state index in [0.29, 0.717) is 0 Å². The Morgan fingerprint density at radius 2 is 2.28 bits per heavy atom. The lowest BCUT2D eigenvalue weighted by molar-refractivity contribution is 0.242. The molecule has 6 nitrogen and oxygen atoms in total. The summed E-state index contributed by atoms with van der Waals surface area (Å²) in [6.07, 6.45) is 0.0863. The molecule has 6 heteroatoms. The second-order valence-electron chi connectivity index (χ2n) is 4.03. The lowest BCUT2D eigenvalue weighted by Gasteiger charge is -2.19. The topological polar surface area (TPSA) is 80.0 Å². The van der Waals surface area contributed by atoms with Crippen LogP contribution in [0.5, 0.6) is 5.75 Å². The molecule has 0 bridgehead atoms. The van der Waals surface area contributed by atoms with Gasteiger partial charge in [-0.25, -0.2) is 9.80 Å². The molecule has 3 N–H and O–H groups in total.